The number of likely N-dealkylation sites (tertiary alicyclic amines) is 1. The second kappa shape index (κ2) is 6.14. The zero-order valence-electron chi connectivity index (χ0n) is 11.1. The Balaban J connectivity index is 1.88. The number of pyridine rings is 1. The van der Waals surface area contributed by atoms with Crippen LogP contribution in [-0.2, 0) is 0 Å². The minimum atomic E-state index is -0.820. The van der Waals surface area contributed by atoms with Gasteiger partial charge in [0, 0.05) is 12.6 Å². The summed E-state index contributed by atoms with van der Waals surface area (Å²) in [5, 5.41) is 2.93. The summed E-state index contributed by atoms with van der Waals surface area (Å²) in [4.78, 5) is 6.09. The molecule has 1 aliphatic rings. The molecule has 1 saturated heterocycles. The summed E-state index contributed by atoms with van der Waals surface area (Å²) >= 11 is 0. The normalized spacial score (nSPS) is 17.6. The molecular weight excluding hydrogens is 250 g/mol. The molecule has 0 unspecified atom stereocenters. The lowest BCUT2D eigenvalue weighted by molar-refractivity contribution is 0.198. The molecule has 2 rings (SSSR count). The van der Waals surface area contributed by atoms with E-state index in [1.54, 1.807) is 0 Å². The first kappa shape index (κ1) is 14.0. The van der Waals surface area contributed by atoms with Gasteiger partial charge in [-0.3, -0.25) is 0 Å². The van der Waals surface area contributed by atoms with Crippen LogP contribution in [0.2, 0.25) is 0 Å². The fraction of sp³-hybridized carbons (Fsp3) is 0.615. The molecular formula is C13H20F2N4. The number of nitrogens with zero attached hydrogens (tertiary/aromatic N) is 2. The highest BCUT2D eigenvalue weighted by Gasteiger charge is 2.18. The summed E-state index contributed by atoms with van der Waals surface area (Å²) < 4.78 is 26.4. The highest BCUT2D eigenvalue weighted by atomic mass is 19.1. The molecule has 1 aromatic heterocycles. The maximum Gasteiger partial charge on any atom is 0.168 e. The van der Waals surface area contributed by atoms with Gasteiger partial charge in [0.05, 0.1) is 0 Å². The number of nitrogens with two attached hydrogens (primary N) is 1. The van der Waals surface area contributed by atoms with Crippen molar-refractivity contribution in [1.82, 2.24) is 9.88 Å². The van der Waals surface area contributed by atoms with Crippen molar-refractivity contribution in [1.29, 1.82) is 0 Å². The van der Waals surface area contributed by atoms with Crippen LogP contribution in [0.15, 0.2) is 6.07 Å². The van der Waals surface area contributed by atoms with Gasteiger partial charge in [-0.15, -0.1) is 0 Å². The average molecular weight is 270 g/mol. The van der Waals surface area contributed by atoms with Crippen molar-refractivity contribution in [3.8, 4) is 0 Å². The van der Waals surface area contributed by atoms with E-state index in [0.717, 1.165) is 38.5 Å². The number of rotatable bonds is 4. The molecule has 106 valence electrons. The zero-order valence-corrected chi connectivity index (χ0v) is 11.1. The number of anilines is 2. The minimum Gasteiger partial charge on any atom is -0.381 e. The standard InChI is InChI=1S/C13H20F2N4/c1-2-19-5-3-9(4-6-19)8-17-13-11(15)7-10(14)12(16)18-13/h7,9H,2-6,8H2,1H3,(H3,16,17,18). The number of nitrogens with one attached hydrogen (secondary N) is 1. The van der Waals surface area contributed by atoms with Crippen molar-refractivity contribution in [2.75, 3.05) is 37.2 Å². The molecule has 19 heavy (non-hydrogen) atoms. The van der Waals surface area contributed by atoms with Gasteiger partial charge in [-0.2, -0.15) is 0 Å². The number of piperidine rings is 1. The first-order valence-corrected chi connectivity index (χ1v) is 6.68. The van der Waals surface area contributed by atoms with Crippen LogP contribution < -0.4 is 11.1 Å². The summed E-state index contributed by atoms with van der Waals surface area (Å²) in [6.07, 6.45) is 2.16. The van der Waals surface area contributed by atoms with E-state index in [1.165, 1.54) is 0 Å². The monoisotopic (exact) mass is 270 g/mol. The molecule has 4 nitrogen and oxygen atoms in total. The fourth-order valence-electron chi connectivity index (χ4n) is 2.35. The van der Waals surface area contributed by atoms with Crippen LogP contribution in [0.3, 0.4) is 0 Å². The van der Waals surface area contributed by atoms with Crippen molar-refractivity contribution >= 4 is 11.6 Å². The van der Waals surface area contributed by atoms with Crippen LogP contribution in [0, 0.1) is 17.6 Å². The largest absolute Gasteiger partial charge is 0.381 e. The molecule has 0 amide bonds. The van der Waals surface area contributed by atoms with Crippen LogP contribution >= 0.6 is 0 Å². The van der Waals surface area contributed by atoms with Gasteiger partial charge in [-0.05, 0) is 38.4 Å². The van der Waals surface area contributed by atoms with Crippen molar-refractivity contribution in [3.05, 3.63) is 17.7 Å². The van der Waals surface area contributed by atoms with Crippen molar-refractivity contribution in [2.45, 2.75) is 19.8 Å². The van der Waals surface area contributed by atoms with E-state index in [9.17, 15) is 8.78 Å². The van der Waals surface area contributed by atoms with Crippen LogP contribution in [0.5, 0.6) is 0 Å². The number of hydrogen-bond acceptors (Lipinski definition) is 4. The second-order valence-corrected chi connectivity index (χ2v) is 4.94. The molecule has 1 aliphatic heterocycles. The Labute approximate surface area is 112 Å². The molecule has 2 heterocycles. The van der Waals surface area contributed by atoms with Crippen LogP contribution in [0.4, 0.5) is 20.4 Å². The van der Waals surface area contributed by atoms with E-state index in [4.69, 9.17) is 5.73 Å². The van der Waals surface area contributed by atoms with Crippen LogP contribution in [0.1, 0.15) is 19.8 Å². The SMILES string of the molecule is CCN1CCC(CNc2nc(N)c(F)cc2F)CC1. The van der Waals surface area contributed by atoms with Gasteiger partial charge in [0.2, 0.25) is 0 Å². The predicted molar refractivity (Wildman–Crippen MR) is 71.9 cm³/mol. The Hall–Kier alpha value is -1.43. The van der Waals surface area contributed by atoms with E-state index in [0.29, 0.717) is 12.5 Å². The van der Waals surface area contributed by atoms with E-state index in [-0.39, 0.29) is 11.6 Å². The zero-order chi connectivity index (χ0) is 13.8. The highest BCUT2D eigenvalue weighted by Crippen LogP contribution is 2.20. The molecule has 0 spiro atoms. The molecule has 3 N–H and O–H groups in total. The molecule has 1 fully saturated rings. The van der Waals surface area contributed by atoms with E-state index >= 15 is 0 Å². The van der Waals surface area contributed by atoms with Gasteiger partial charge >= 0.3 is 0 Å². The predicted octanol–water partition coefficient (Wildman–Crippen LogP) is 2.09. The van der Waals surface area contributed by atoms with Gasteiger partial charge in [0.25, 0.3) is 0 Å². The molecule has 0 bridgehead atoms. The Morgan fingerprint density at radius 3 is 2.68 bits per heavy atom. The van der Waals surface area contributed by atoms with Crippen molar-refractivity contribution in [2.24, 2.45) is 5.92 Å². The maximum absolute atomic E-state index is 13.5. The molecule has 6 heteroatoms. The summed E-state index contributed by atoms with van der Waals surface area (Å²) in [5.41, 5.74) is 5.34. The smallest absolute Gasteiger partial charge is 0.168 e. The van der Waals surface area contributed by atoms with Crippen LogP contribution in [0.25, 0.3) is 0 Å². The minimum absolute atomic E-state index is 0.0387. The van der Waals surface area contributed by atoms with E-state index in [1.807, 2.05) is 0 Å². The summed E-state index contributed by atoms with van der Waals surface area (Å²) in [5.74, 6) is -1.26. The fourth-order valence-corrected chi connectivity index (χ4v) is 2.35. The Kier molecular flexibility index (Phi) is 4.52. The highest BCUT2D eigenvalue weighted by molar-refractivity contribution is 5.44. The van der Waals surface area contributed by atoms with Gasteiger partial charge < -0.3 is 16.0 Å². The number of halogens is 2. The quantitative estimate of drug-likeness (QED) is 0.879. The third-order valence-corrected chi connectivity index (χ3v) is 3.67. The molecule has 0 atom stereocenters. The number of nitrogen functional groups attached to an aromatic ring is 1. The van der Waals surface area contributed by atoms with Gasteiger partial charge in [-0.1, -0.05) is 6.92 Å². The van der Waals surface area contributed by atoms with Gasteiger partial charge in [0.1, 0.15) is 0 Å². The Morgan fingerprint density at radius 1 is 1.37 bits per heavy atom. The Bertz CT molecular complexity index is 431. The third-order valence-electron chi connectivity index (χ3n) is 3.67. The Morgan fingerprint density at radius 2 is 2.05 bits per heavy atom. The third kappa shape index (κ3) is 3.53. The lowest BCUT2D eigenvalue weighted by Crippen LogP contribution is -2.35. The molecule has 0 radical (unpaired) electrons. The van der Waals surface area contributed by atoms with Crippen molar-refractivity contribution < 1.29 is 8.78 Å². The molecule has 1 aromatic rings. The summed E-state index contributed by atoms with van der Waals surface area (Å²) in [7, 11) is 0. The van der Waals surface area contributed by atoms with Crippen molar-refractivity contribution in [3.63, 3.8) is 0 Å². The number of aromatic nitrogens is 1. The number of hydrogen-bond donors (Lipinski definition) is 2. The molecule has 0 aliphatic carbocycles. The first-order chi connectivity index (χ1) is 9.10. The van der Waals surface area contributed by atoms with E-state index in [2.05, 4.69) is 22.1 Å². The van der Waals surface area contributed by atoms with Crippen LogP contribution in [-0.4, -0.2) is 36.1 Å². The average Bonchev–Trinajstić information content (AvgIpc) is 2.42. The maximum atomic E-state index is 13.5. The summed E-state index contributed by atoms with van der Waals surface area (Å²) in [6, 6.07) is 0.768. The van der Waals surface area contributed by atoms with E-state index < -0.39 is 11.6 Å². The first-order valence-electron chi connectivity index (χ1n) is 6.68. The topological polar surface area (TPSA) is 54.2 Å². The molecule has 0 saturated carbocycles. The lowest BCUT2D eigenvalue weighted by Gasteiger charge is -2.31. The molecule has 0 aromatic carbocycles. The van der Waals surface area contributed by atoms with Gasteiger partial charge in [-0.25, -0.2) is 13.8 Å². The second-order valence-electron chi connectivity index (χ2n) is 4.94. The lowest BCUT2D eigenvalue weighted by atomic mass is 9.97. The summed E-state index contributed by atoms with van der Waals surface area (Å²) in [6.45, 7) is 6.02. The van der Waals surface area contributed by atoms with Gasteiger partial charge in [0.15, 0.2) is 23.3 Å².